The lowest BCUT2D eigenvalue weighted by Gasteiger charge is -2.29. The zero-order chi connectivity index (χ0) is 15.9. The molecule has 0 amide bonds. The van der Waals surface area contributed by atoms with Gasteiger partial charge in [0.05, 0.1) is 0 Å². The van der Waals surface area contributed by atoms with E-state index in [1.165, 1.54) is 0 Å². The van der Waals surface area contributed by atoms with Gasteiger partial charge in [-0.25, -0.2) is 4.79 Å². The number of benzene rings is 1. The normalized spacial score (nSPS) is 15.0. The fourth-order valence-electron chi connectivity index (χ4n) is 2.61. The van der Waals surface area contributed by atoms with Gasteiger partial charge in [0, 0.05) is 5.57 Å². The molecular weight excluding hydrogens is 260 g/mol. The lowest BCUT2D eigenvalue weighted by molar-refractivity contribution is -0.133. The van der Waals surface area contributed by atoms with Crippen LogP contribution in [0.5, 0.6) is 0 Å². The maximum atomic E-state index is 11.7. The molecule has 0 spiro atoms. The van der Waals surface area contributed by atoms with Crippen molar-refractivity contribution in [1.29, 1.82) is 0 Å². The second kappa shape index (κ2) is 8.02. The first-order chi connectivity index (χ1) is 9.89. The molecule has 1 unspecified atom stereocenters. The van der Waals surface area contributed by atoms with Gasteiger partial charge in [-0.2, -0.15) is 0 Å². The van der Waals surface area contributed by atoms with Crippen molar-refractivity contribution in [1.82, 2.24) is 0 Å². The maximum Gasteiger partial charge on any atom is 0.332 e. The van der Waals surface area contributed by atoms with Crippen LogP contribution in [0.4, 0.5) is 0 Å². The number of hydrogen-bond acceptors (Lipinski definition) is 1. The van der Waals surface area contributed by atoms with Gasteiger partial charge in [-0.05, 0) is 35.8 Å². The quantitative estimate of drug-likeness (QED) is 0.650. The second-order valence-electron chi connectivity index (χ2n) is 6.47. The van der Waals surface area contributed by atoms with Gasteiger partial charge >= 0.3 is 5.97 Å². The molecule has 0 aliphatic heterocycles. The van der Waals surface area contributed by atoms with E-state index >= 15 is 0 Å². The largest absolute Gasteiger partial charge is 0.478 e. The molecule has 2 heteroatoms. The molecule has 116 valence electrons. The van der Waals surface area contributed by atoms with Crippen molar-refractivity contribution in [3.8, 4) is 0 Å². The van der Waals surface area contributed by atoms with Crippen LogP contribution in [0.15, 0.2) is 35.9 Å². The Bertz CT molecular complexity index is 474. The lowest BCUT2D eigenvalue weighted by Crippen LogP contribution is -2.24. The molecule has 0 saturated carbocycles. The van der Waals surface area contributed by atoms with Gasteiger partial charge in [0.1, 0.15) is 0 Å². The van der Waals surface area contributed by atoms with Crippen LogP contribution in [-0.2, 0) is 4.79 Å². The predicted octanol–water partition coefficient (Wildman–Crippen LogP) is 5.40. The van der Waals surface area contributed by atoms with Crippen LogP contribution in [0.25, 0.3) is 6.08 Å². The number of carboxylic acids is 1. The summed E-state index contributed by atoms with van der Waals surface area (Å²) < 4.78 is 0. The average Bonchev–Trinajstić information content (AvgIpc) is 2.45. The highest BCUT2D eigenvalue weighted by atomic mass is 16.4. The zero-order valence-electron chi connectivity index (χ0n) is 13.7. The van der Waals surface area contributed by atoms with E-state index in [0.29, 0.717) is 11.5 Å². The molecule has 2 nitrogen and oxygen atoms in total. The van der Waals surface area contributed by atoms with E-state index in [0.717, 1.165) is 31.2 Å². The summed E-state index contributed by atoms with van der Waals surface area (Å²) >= 11 is 0. The summed E-state index contributed by atoms with van der Waals surface area (Å²) in [5.41, 5.74) is 1.22. The molecule has 1 aromatic rings. The first-order valence-corrected chi connectivity index (χ1v) is 7.89. The number of carboxylic acid groups (broad SMARTS) is 1. The van der Waals surface area contributed by atoms with E-state index < -0.39 is 5.97 Å². The smallest absolute Gasteiger partial charge is 0.332 e. The van der Waals surface area contributed by atoms with Gasteiger partial charge in [0.2, 0.25) is 0 Å². The number of hydrogen-bond donors (Lipinski definition) is 1. The summed E-state index contributed by atoms with van der Waals surface area (Å²) in [6.45, 7) is 8.58. The zero-order valence-corrected chi connectivity index (χ0v) is 13.7. The van der Waals surface area contributed by atoms with E-state index in [9.17, 15) is 9.90 Å². The van der Waals surface area contributed by atoms with Crippen LogP contribution in [0, 0.1) is 11.3 Å². The van der Waals surface area contributed by atoms with E-state index in [2.05, 4.69) is 27.7 Å². The summed E-state index contributed by atoms with van der Waals surface area (Å²) in [5, 5.41) is 9.64. The van der Waals surface area contributed by atoms with Gasteiger partial charge in [-0.3, -0.25) is 0 Å². The SMILES string of the molecule is CCC(C)(CCCC(C)C)C(=Cc1ccccc1)C(=O)O. The standard InChI is InChI=1S/C19H28O2/c1-5-19(4,13-9-10-15(2)3)17(18(20)21)14-16-11-7-6-8-12-16/h6-8,11-12,14-15H,5,9-10,13H2,1-4H3,(H,20,21). The van der Waals surface area contributed by atoms with Crippen molar-refractivity contribution >= 4 is 12.0 Å². The molecule has 0 bridgehead atoms. The van der Waals surface area contributed by atoms with Crippen molar-refractivity contribution in [2.24, 2.45) is 11.3 Å². The molecule has 0 fully saturated rings. The molecule has 1 atom stereocenters. The van der Waals surface area contributed by atoms with Crippen LogP contribution in [0.2, 0.25) is 0 Å². The minimum atomic E-state index is -0.798. The Labute approximate surface area is 128 Å². The summed E-state index contributed by atoms with van der Waals surface area (Å²) in [4.78, 5) is 11.7. The predicted molar refractivity (Wildman–Crippen MR) is 89.1 cm³/mol. The fourth-order valence-corrected chi connectivity index (χ4v) is 2.61. The lowest BCUT2D eigenvalue weighted by atomic mass is 9.74. The van der Waals surface area contributed by atoms with Crippen molar-refractivity contribution in [2.45, 2.75) is 53.4 Å². The minimum absolute atomic E-state index is 0.267. The second-order valence-corrected chi connectivity index (χ2v) is 6.47. The van der Waals surface area contributed by atoms with E-state index in [1.807, 2.05) is 36.4 Å². The summed E-state index contributed by atoms with van der Waals surface area (Å²) in [6.07, 6.45) is 5.82. The van der Waals surface area contributed by atoms with Crippen LogP contribution < -0.4 is 0 Å². The number of carbonyl (C=O) groups is 1. The fraction of sp³-hybridized carbons (Fsp3) is 0.526. The Morgan fingerprint density at radius 2 is 1.90 bits per heavy atom. The number of rotatable bonds is 8. The third-order valence-corrected chi connectivity index (χ3v) is 4.28. The van der Waals surface area contributed by atoms with Gasteiger partial charge < -0.3 is 5.11 Å². The third-order valence-electron chi connectivity index (χ3n) is 4.28. The van der Waals surface area contributed by atoms with E-state index in [1.54, 1.807) is 0 Å². The van der Waals surface area contributed by atoms with Crippen molar-refractivity contribution in [3.63, 3.8) is 0 Å². The number of aliphatic carboxylic acids is 1. The Morgan fingerprint density at radius 3 is 2.38 bits per heavy atom. The Kier molecular flexibility index (Phi) is 6.67. The maximum absolute atomic E-state index is 11.7. The molecule has 0 aliphatic rings. The van der Waals surface area contributed by atoms with Crippen LogP contribution in [0.1, 0.15) is 58.9 Å². The Morgan fingerprint density at radius 1 is 1.29 bits per heavy atom. The molecule has 0 heterocycles. The monoisotopic (exact) mass is 288 g/mol. The average molecular weight is 288 g/mol. The highest BCUT2D eigenvalue weighted by Gasteiger charge is 2.31. The van der Waals surface area contributed by atoms with Crippen LogP contribution >= 0.6 is 0 Å². The van der Waals surface area contributed by atoms with Gasteiger partial charge in [-0.15, -0.1) is 0 Å². The molecule has 1 rings (SSSR count). The van der Waals surface area contributed by atoms with Crippen molar-refractivity contribution in [2.75, 3.05) is 0 Å². The first kappa shape index (κ1) is 17.5. The molecule has 0 aliphatic carbocycles. The summed E-state index contributed by atoms with van der Waals surface area (Å²) in [6, 6.07) is 9.72. The third kappa shape index (κ3) is 5.37. The molecule has 1 N–H and O–H groups in total. The van der Waals surface area contributed by atoms with Crippen molar-refractivity contribution < 1.29 is 9.90 Å². The van der Waals surface area contributed by atoms with E-state index in [-0.39, 0.29) is 5.41 Å². The van der Waals surface area contributed by atoms with Gasteiger partial charge in [0.25, 0.3) is 0 Å². The van der Waals surface area contributed by atoms with Gasteiger partial charge in [0.15, 0.2) is 0 Å². The Hall–Kier alpha value is -1.57. The van der Waals surface area contributed by atoms with E-state index in [4.69, 9.17) is 0 Å². The molecule has 21 heavy (non-hydrogen) atoms. The van der Waals surface area contributed by atoms with Crippen LogP contribution in [-0.4, -0.2) is 11.1 Å². The first-order valence-electron chi connectivity index (χ1n) is 7.89. The highest BCUT2D eigenvalue weighted by Crippen LogP contribution is 2.38. The molecule has 1 aromatic carbocycles. The molecule has 0 aromatic heterocycles. The summed E-state index contributed by atoms with van der Waals surface area (Å²) in [5.74, 6) is -0.134. The molecule has 0 saturated heterocycles. The minimum Gasteiger partial charge on any atom is -0.478 e. The summed E-state index contributed by atoms with van der Waals surface area (Å²) in [7, 11) is 0. The topological polar surface area (TPSA) is 37.3 Å². The highest BCUT2D eigenvalue weighted by molar-refractivity contribution is 5.93. The Balaban J connectivity index is 3.00. The molecular formula is C19H28O2. The molecule has 0 radical (unpaired) electrons. The van der Waals surface area contributed by atoms with Crippen LogP contribution in [0.3, 0.4) is 0 Å². The van der Waals surface area contributed by atoms with Gasteiger partial charge in [-0.1, -0.05) is 70.9 Å². The van der Waals surface area contributed by atoms with Crippen molar-refractivity contribution in [3.05, 3.63) is 41.5 Å².